The van der Waals surface area contributed by atoms with Crippen molar-refractivity contribution in [1.29, 1.82) is 0 Å². The molecular formula is C21H17N5O7S4. The number of urea groups is 1. The first-order chi connectivity index (χ1) is 17.5. The number of carbonyl (C=O) groups excluding carboxylic acids is 4. The number of thiophene rings is 1. The number of nitrogens with two attached hydrogens (primary N) is 2. The second-order valence-electron chi connectivity index (χ2n) is 8.15. The summed E-state index contributed by atoms with van der Waals surface area (Å²) >= 11 is 3.18. The van der Waals surface area contributed by atoms with Crippen molar-refractivity contribution in [3.63, 3.8) is 0 Å². The van der Waals surface area contributed by atoms with Gasteiger partial charge in [-0.15, -0.1) is 11.3 Å². The smallest absolute Gasteiger partial charge is 0.328 e. The zero-order valence-electron chi connectivity index (χ0n) is 18.5. The van der Waals surface area contributed by atoms with Crippen molar-refractivity contribution in [2.24, 2.45) is 16.8 Å². The second kappa shape index (κ2) is 9.21. The maximum Gasteiger partial charge on any atom is 0.328 e. The highest BCUT2D eigenvalue weighted by Crippen LogP contribution is 2.53. The fourth-order valence-corrected chi connectivity index (χ4v) is 8.56. The lowest BCUT2D eigenvalue weighted by atomic mass is 9.87. The molecule has 1 fully saturated rings. The van der Waals surface area contributed by atoms with Gasteiger partial charge in [0, 0.05) is 21.4 Å². The summed E-state index contributed by atoms with van der Waals surface area (Å²) in [5, 5.41) is 8.84. The summed E-state index contributed by atoms with van der Waals surface area (Å²) in [6.45, 7) is -0.398. The number of rotatable bonds is 5. The minimum absolute atomic E-state index is 0.125. The van der Waals surface area contributed by atoms with E-state index in [9.17, 15) is 32.4 Å². The Labute approximate surface area is 221 Å². The third-order valence-corrected chi connectivity index (χ3v) is 10.4. The SMILES string of the molecule is NC(=O)N1C(=O)[C@@H]2[C@H](c3cccs3)c3sc(=O)n(CC(=O)Nc4ccc(S(N)(=O)=O)cc4)c3S[C@@H]2C1=O. The Balaban J connectivity index is 1.48. The van der Waals surface area contributed by atoms with E-state index in [4.69, 9.17) is 10.9 Å². The van der Waals surface area contributed by atoms with Crippen LogP contribution in [0.3, 0.4) is 0 Å². The van der Waals surface area contributed by atoms with E-state index in [2.05, 4.69) is 5.32 Å². The van der Waals surface area contributed by atoms with Crippen LogP contribution in [0.1, 0.15) is 15.7 Å². The molecule has 0 spiro atoms. The molecule has 3 aromatic rings. The number of hydrogen-bond donors (Lipinski definition) is 3. The second-order valence-corrected chi connectivity index (χ2v) is 12.8. The number of fused-ring (bicyclic) bond motifs is 2. The topological polar surface area (TPSA) is 192 Å². The van der Waals surface area contributed by atoms with Gasteiger partial charge >= 0.3 is 10.9 Å². The molecule has 2 aromatic heterocycles. The number of primary amides is 1. The Hall–Kier alpha value is -3.31. The largest absolute Gasteiger partial charge is 0.351 e. The highest BCUT2D eigenvalue weighted by Gasteiger charge is 2.58. The number of amides is 5. The maximum absolute atomic E-state index is 13.1. The molecule has 0 saturated carbocycles. The van der Waals surface area contributed by atoms with E-state index in [0.717, 1.165) is 28.0 Å². The molecule has 4 heterocycles. The van der Waals surface area contributed by atoms with Gasteiger partial charge in [-0.05, 0) is 35.7 Å². The van der Waals surface area contributed by atoms with Crippen LogP contribution in [0.25, 0.3) is 0 Å². The maximum atomic E-state index is 13.1. The lowest BCUT2D eigenvalue weighted by Crippen LogP contribution is -2.41. The molecule has 37 heavy (non-hydrogen) atoms. The molecule has 0 unspecified atom stereocenters. The van der Waals surface area contributed by atoms with Crippen LogP contribution in [0.15, 0.2) is 56.5 Å². The van der Waals surface area contributed by atoms with Gasteiger partial charge in [-0.1, -0.05) is 29.2 Å². The van der Waals surface area contributed by atoms with Crippen LogP contribution >= 0.6 is 34.4 Å². The van der Waals surface area contributed by atoms with Crippen molar-refractivity contribution >= 4 is 73.9 Å². The average molecular weight is 580 g/mol. The van der Waals surface area contributed by atoms with Gasteiger partial charge in [0.15, 0.2) is 0 Å². The van der Waals surface area contributed by atoms with E-state index >= 15 is 0 Å². The fourth-order valence-electron chi connectivity index (χ4n) is 4.32. The molecule has 0 bridgehead atoms. The van der Waals surface area contributed by atoms with E-state index in [0.29, 0.717) is 14.8 Å². The molecule has 12 nitrogen and oxygen atoms in total. The molecule has 5 rings (SSSR count). The van der Waals surface area contributed by atoms with Gasteiger partial charge in [0.2, 0.25) is 21.8 Å². The first-order valence-electron chi connectivity index (χ1n) is 10.5. The van der Waals surface area contributed by atoms with Crippen molar-refractivity contribution in [2.45, 2.75) is 27.6 Å². The zero-order valence-corrected chi connectivity index (χ0v) is 21.8. The number of imide groups is 3. The van der Waals surface area contributed by atoms with Crippen molar-refractivity contribution < 1.29 is 27.6 Å². The summed E-state index contributed by atoms with van der Waals surface area (Å²) in [6, 6.07) is 7.58. The van der Waals surface area contributed by atoms with Crippen molar-refractivity contribution in [3.05, 3.63) is 61.2 Å². The minimum atomic E-state index is -3.90. The van der Waals surface area contributed by atoms with E-state index in [1.807, 2.05) is 0 Å². The Morgan fingerprint density at radius 2 is 1.76 bits per heavy atom. The van der Waals surface area contributed by atoms with E-state index in [1.54, 1.807) is 17.5 Å². The number of thiazole rings is 1. The summed E-state index contributed by atoms with van der Waals surface area (Å²) in [5.74, 6) is -3.63. The molecule has 5 amide bonds. The van der Waals surface area contributed by atoms with Gasteiger partial charge in [-0.3, -0.25) is 23.7 Å². The molecule has 0 aliphatic carbocycles. The zero-order chi connectivity index (χ0) is 26.6. The number of benzene rings is 1. The van der Waals surface area contributed by atoms with E-state index < -0.39 is 62.3 Å². The highest BCUT2D eigenvalue weighted by molar-refractivity contribution is 8.00. The molecule has 1 aromatic carbocycles. The van der Waals surface area contributed by atoms with Crippen LogP contribution in [-0.4, -0.2) is 46.9 Å². The normalized spacial score (nSPS) is 21.0. The molecular weight excluding hydrogens is 563 g/mol. The predicted molar refractivity (Wildman–Crippen MR) is 136 cm³/mol. The number of thioether (sulfide) groups is 1. The van der Waals surface area contributed by atoms with Crippen LogP contribution in [0.5, 0.6) is 0 Å². The van der Waals surface area contributed by atoms with Gasteiger partial charge in [-0.25, -0.2) is 18.4 Å². The molecule has 3 atom stereocenters. The summed E-state index contributed by atoms with van der Waals surface area (Å²) in [6.07, 6.45) is 0. The van der Waals surface area contributed by atoms with Crippen LogP contribution in [0.4, 0.5) is 10.5 Å². The summed E-state index contributed by atoms with van der Waals surface area (Å²) < 4.78 is 24.1. The number of nitrogens with one attached hydrogen (secondary N) is 1. The summed E-state index contributed by atoms with van der Waals surface area (Å²) in [7, 11) is -3.90. The molecule has 2 aliphatic rings. The number of sulfonamides is 1. The number of primary sulfonamides is 1. The van der Waals surface area contributed by atoms with Gasteiger partial charge in [0.25, 0.3) is 5.91 Å². The van der Waals surface area contributed by atoms with Crippen LogP contribution in [0, 0.1) is 5.92 Å². The van der Waals surface area contributed by atoms with Gasteiger partial charge < -0.3 is 11.1 Å². The van der Waals surface area contributed by atoms with Gasteiger partial charge in [0.1, 0.15) is 11.8 Å². The summed E-state index contributed by atoms with van der Waals surface area (Å²) in [5.41, 5.74) is 5.58. The molecule has 2 aliphatic heterocycles. The number of likely N-dealkylation sites (tertiary alicyclic amines) is 1. The quantitative estimate of drug-likeness (QED) is 0.372. The number of anilines is 1. The lowest BCUT2D eigenvalue weighted by molar-refractivity contribution is -0.135. The number of carbonyl (C=O) groups is 4. The third kappa shape index (κ3) is 4.40. The monoisotopic (exact) mass is 579 g/mol. The van der Waals surface area contributed by atoms with Gasteiger partial charge in [-0.2, -0.15) is 4.90 Å². The number of nitrogens with zero attached hydrogens (tertiary/aromatic N) is 2. The van der Waals surface area contributed by atoms with Gasteiger partial charge in [0.05, 0.1) is 15.8 Å². The Morgan fingerprint density at radius 1 is 1.05 bits per heavy atom. The lowest BCUT2D eigenvalue weighted by Gasteiger charge is -2.29. The fraction of sp³-hybridized carbons (Fsp3) is 0.190. The average Bonchev–Trinajstić information content (AvgIpc) is 3.51. The first kappa shape index (κ1) is 25.3. The van der Waals surface area contributed by atoms with Crippen molar-refractivity contribution in [1.82, 2.24) is 9.47 Å². The number of aromatic nitrogens is 1. The highest BCUT2D eigenvalue weighted by atomic mass is 32.2. The Morgan fingerprint density at radius 3 is 2.35 bits per heavy atom. The minimum Gasteiger partial charge on any atom is -0.351 e. The van der Waals surface area contributed by atoms with Crippen LogP contribution < -0.4 is 21.1 Å². The van der Waals surface area contributed by atoms with E-state index in [-0.39, 0.29) is 10.6 Å². The van der Waals surface area contributed by atoms with Crippen LogP contribution in [-0.2, 0) is 31.0 Å². The molecule has 192 valence electrons. The molecule has 5 N–H and O–H groups in total. The standard InChI is InChI=1S/C21H17N5O7S4/c22-20(30)26-17(28)14-13(11-2-1-7-34-11)16-19(35-15(14)18(26)29)25(21(31)36-16)8-12(27)24-9-3-5-10(6-4-9)37(23,32)33/h1-7,13-15H,8H2,(H2,22,30)(H,24,27)(H2,23,32,33)/t13-,14+,15-/m0/s1. The summed E-state index contributed by atoms with van der Waals surface area (Å²) in [4.78, 5) is 64.8. The Kier molecular flexibility index (Phi) is 6.31. The predicted octanol–water partition coefficient (Wildman–Crippen LogP) is 0.927. The number of hydrogen-bond acceptors (Lipinski definition) is 10. The Bertz CT molecular complexity index is 1610. The molecule has 16 heteroatoms. The third-order valence-electron chi connectivity index (χ3n) is 5.89. The molecule has 0 radical (unpaired) electrons. The molecule has 1 saturated heterocycles. The van der Waals surface area contributed by atoms with Crippen molar-refractivity contribution in [2.75, 3.05) is 5.32 Å². The first-order valence-corrected chi connectivity index (χ1v) is 14.6. The van der Waals surface area contributed by atoms with Crippen LogP contribution in [0.2, 0.25) is 0 Å². The van der Waals surface area contributed by atoms with E-state index in [1.165, 1.54) is 40.2 Å². The van der Waals surface area contributed by atoms with Crippen molar-refractivity contribution in [3.8, 4) is 0 Å².